The summed E-state index contributed by atoms with van der Waals surface area (Å²) in [4.78, 5) is 23.2. The molecule has 0 spiro atoms. The van der Waals surface area contributed by atoms with Crippen molar-refractivity contribution in [3.8, 4) is 0 Å². The molecule has 1 atom stereocenters. The highest BCUT2D eigenvalue weighted by Crippen LogP contribution is 2.31. The zero-order valence-corrected chi connectivity index (χ0v) is 15.0. The number of hydrogen-bond acceptors (Lipinski definition) is 5. The minimum atomic E-state index is -0.559. The molecule has 1 aliphatic carbocycles. The van der Waals surface area contributed by atoms with Crippen LogP contribution in [0.1, 0.15) is 44.0 Å². The van der Waals surface area contributed by atoms with Crippen molar-refractivity contribution in [1.82, 2.24) is 5.32 Å². The molecule has 1 aromatic rings. The van der Waals surface area contributed by atoms with Crippen molar-refractivity contribution in [2.75, 3.05) is 11.9 Å². The number of nitrogens with two attached hydrogens (primary N) is 1. The van der Waals surface area contributed by atoms with E-state index in [1.807, 2.05) is 20.8 Å². The highest BCUT2D eigenvalue weighted by atomic mass is 35.5. The van der Waals surface area contributed by atoms with Gasteiger partial charge in [-0.05, 0) is 37.8 Å². The quantitative estimate of drug-likeness (QED) is 0.514. The van der Waals surface area contributed by atoms with Crippen molar-refractivity contribution in [3.63, 3.8) is 0 Å². The summed E-state index contributed by atoms with van der Waals surface area (Å²) in [7, 11) is 0. The monoisotopic (exact) mass is 356 g/mol. The van der Waals surface area contributed by atoms with E-state index < -0.39 is 10.5 Å². The van der Waals surface area contributed by atoms with Crippen LogP contribution in [0, 0.1) is 16.0 Å². The third kappa shape index (κ3) is 4.58. The minimum absolute atomic E-state index is 0. The van der Waals surface area contributed by atoms with E-state index in [0.717, 1.165) is 12.8 Å². The molecule has 4 N–H and O–H groups in total. The number of nitro groups is 1. The molecule has 0 saturated heterocycles. The highest BCUT2D eigenvalue weighted by Gasteiger charge is 2.30. The zero-order valence-electron chi connectivity index (χ0n) is 14.2. The molecule has 0 bridgehead atoms. The van der Waals surface area contributed by atoms with Gasteiger partial charge in [-0.15, -0.1) is 12.4 Å². The Labute approximate surface area is 147 Å². The summed E-state index contributed by atoms with van der Waals surface area (Å²) in [6.45, 7) is 6.10. The number of amides is 1. The lowest BCUT2D eigenvalue weighted by Gasteiger charge is -2.33. The largest absolute Gasteiger partial charge is 0.377 e. The van der Waals surface area contributed by atoms with Crippen LogP contribution < -0.4 is 16.4 Å². The average Bonchev–Trinajstić information content (AvgIpc) is 3.30. The van der Waals surface area contributed by atoms with Crippen LogP contribution in [-0.4, -0.2) is 29.0 Å². The van der Waals surface area contributed by atoms with Crippen molar-refractivity contribution >= 4 is 29.7 Å². The Morgan fingerprint density at radius 1 is 1.46 bits per heavy atom. The summed E-state index contributed by atoms with van der Waals surface area (Å²) in [5.74, 6) is -0.213. The van der Waals surface area contributed by atoms with Gasteiger partial charge in [0.15, 0.2) is 0 Å². The van der Waals surface area contributed by atoms with Crippen LogP contribution in [-0.2, 0) is 0 Å². The fourth-order valence-corrected chi connectivity index (χ4v) is 2.16. The Morgan fingerprint density at radius 2 is 2.08 bits per heavy atom. The molecule has 1 aromatic carbocycles. The second kappa shape index (κ2) is 7.81. The van der Waals surface area contributed by atoms with Gasteiger partial charge in [0, 0.05) is 24.2 Å². The SMILES string of the molecule is CC(C)C(C)(CN)NC(=O)c1ccc(NC2CC2)c([N+](=O)[O-])c1.Cl. The number of nitrogens with zero attached hydrogens (tertiary/aromatic N) is 1. The first-order valence-electron chi connectivity index (χ1n) is 7.84. The van der Waals surface area contributed by atoms with Crippen LogP contribution in [0.4, 0.5) is 11.4 Å². The summed E-state index contributed by atoms with van der Waals surface area (Å²) in [5.41, 5.74) is 5.85. The van der Waals surface area contributed by atoms with Gasteiger partial charge in [0.25, 0.3) is 11.6 Å². The second-order valence-electron chi connectivity index (χ2n) is 6.64. The molecule has 0 aliphatic heterocycles. The van der Waals surface area contributed by atoms with Gasteiger partial charge in [0.1, 0.15) is 5.69 Å². The van der Waals surface area contributed by atoms with Crippen molar-refractivity contribution in [2.45, 2.75) is 45.2 Å². The van der Waals surface area contributed by atoms with Gasteiger partial charge in [-0.1, -0.05) is 13.8 Å². The third-order valence-corrected chi connectivity index (χ3v) is 4.49. The molecule has 0 radical (unpaired) electrons. The van der Waals surface area contributed by atoms with Crippen molar-refractivity contribution in [2.24, 2.45) is 11.7 Å². The van der Waals surface area contributed by atoms with E-state index >= 15 is 0 Å². The smallest absolute Gasteiger partial charge is 0.293 e. The summed E-state index contributed by atoms with van der Waals surface area (Å²) >= 11 is 0. The molecule has 1 saturated carbocycles. The lowest BCUT2D eigenvalue weighted by atomic mass is 9.88. The van der Waals surface area contributed by atoms with Crippen LogP contribution in [0.15, 0.2) is 18.2 Å². The van der Waals surface area contributed by atoms with E-state index in [4.69, 9.17) is 5.73 Å². The molecule has 134 valence electrons. The minimum Gasteiger partial charge on any atom is -0.377 e. The highest BCUT2D eigenvalue weighted by molar-refractivity contribution is 5.96. The molecule has 1 unspecified atom stereocenters. The van der Waals surface area contributed by atoms with Gasteiger partial charge in [0.2, 0.25) is 0 Å². The van der Waals surface area contributed by atoms with Gasteiger partial charge in [-0.3, -0.25) is 14.9 Å². The maximum atomic E-state index is 12.4. The molecular weight excluding hydrogens is 332 g/mol. The number of benzene rings is 1. The number of rotatable bonds is 7. The lowest BCUT2D eigenvalue weighted by molar-refractivity contribution is -0.384. The van der Waals surface area contributed by atoms with Crippen LogP contribution in [0.5, 0.6) is 0 Å². The summed E-state index contributed by atoms with van der Waals surface area (Å²) in [5, 5.41) is 17.3. The first-order valence-corrected chi connectivity index (χ1v) is 7.84. The van der Waals surface area contributed by atoms with Crippen molar-refractivity contribution < 1.29 is 9.72 Å². The van der Waals surface area contributed by atoms with Gasteiger partial charge >= 0.3 is 0 Å². The van der Waals surface area contributed by atoms with E-state index in [0.29, 0.717) is 18.3 Å². The first kappa shape index (κ1) is 20.2. The Morgan fingerprint density at radius 3 is 2.54 bits per heavy atom. The van der Waals surface area contributed by atoms with Gasteiger partial charge < -0.3 is 16.4 Å². The lowest BCUT2D eigenvalue weighted by Crippen LogP contribution is -2.55. The number of nitro benzene ring substituents is 1. The maximum Gasteiger partial charge on any atom is 0.293 e. The normalized spacial score (nSPS) is 16.0. The Hall–Kier alpha value is -1.86. The topological polar surface area (TPSA) is 110 Å². The van der Waals surface area contributed by atoms with Crippen molar-refractivity contribution in [3.05, 3.63) is 33.9 Å². The Balaban J connectivity index is 0.00000288. The second-order valence-corrected chi connectivity index (χ2v) is 6.64. The zero-order chi connectivity index (χ0) is 17.2. The average molecular weight is 357 g/mol. The standard InChI is InChI=1S/C16H24N4O3.ClH/c1-10(2)16(3,9-17)19-15(21)11-4-7-13(18-12-5-6-12)14(8-11)20(22)23;/h4,7-8,10,12,18H,5-6,9,17H2,1-3H3,(H,19,21);1H. The predicted molar refractivity (Wildman–Crippen MR) is 96.8 cm³/mol. The molecule has 0 heterocycles. The molecule has 1 aliphatic rings. The molecule has 24 heavy (non-hydrogen) atoms. The van der Waals surface area contributed by atoms with Gasteiger partial charge in [-0.25, -0.2) is 0 Å². The predicted octanol–water partition coefficient (Wildman–Crippen LogP) is 2.69. The fourth-order valence-electron chi connectivity index (χ4n) is 2.16. The first-order chi connectivity index (χ1) is 10.8. The van der Waals surface area contributed by atoms with E-state index in [1.54, 1.807) is 12.1 Å². The maximum absolute atomic E-state index is 12.4. The van der Waals surface area contributed by atoms with Crippen LogP contribution >= 0.6 is 12.4 Å². The van der Waals surface area contributed by atoms with Crippen LogP contribution in [0.2, 0.25) is 0 Å². The molecule has 2 rings (SSSR count). The molecular formula is C16H25ClN4O3. The van der Waals surface area contributed by atoms with E-state index in [1.165, 1.54) is 6.07 Å². The van der Waals surface area contributed by atoms with Crippen molar-refractivity contribution in [1.29, 1.82) is 0 Å². The summed E-state index contributed by atoms with van der Waals surface area (Å²) in [6, 6.07) is 4.82. The van der Waals surface area contributed by atoms with E-state index in [-0.39, 0.29) is 35.5 Å². The number of carbonyl (C=O) groups is 1. The number of anilines is 1. The number of halogens is 1. The van der Waals surface area contributed by atoms with Gasteiger partial charge in [-0.2, -0.15) is 0 Å². The number of nitrogens with one attached hydrogen (secondary N) is 2. The molecule has 1 amide bonds. The number of hydrogen-bond donors (Lipinski definition) is 3. The fraction of sp³-hybridized carbons (Fsp3) is 0.562. The Kier molecular flexibility index (Phi) is 6.57. The summed E-state index contributed by atoms with van der Waals surface area (Å²) < 4.78 is 0. The van der Waals surface area contributed by atoms with E-state index in [9.17, 15) is 14.9 Å². The molecule has 1 fully saturated rings. The summed E-state index contributed by atoms with van der Waals surface area (Å²) in [6.07, 6.45) is 2.03. The van der Waals surface area contributed by atoms with Crippen LogP contribution in [0.3, 0.4) is 0 Å². The Bertz CT molecular complexity index is 619. The van der Waals surface area contributed by atoms with Crippen LogP contribution in [0.25, 0.3) is 0 Å². The van der Waals surface area contributed by atoms with E-state index in [2.05, 4.69) is 10.6 Å². The number of carbonyl (C=O) groups excluding carboxylic acids is 1. The molecule has 7 nitrogen and oxygen atoms in total. The molecule has 8 heteroatoms. The third-order valence-electron chi connectivity index (χ3n) is 4.49. The molecule has 0 aromatic heterocycles. The van der Waals surface area contributed by atoms with Gasteiger partial charge in [0.05, 0.1) is 10.5 Å².